The third-order valence-corrected chi connectivity index (χ3v) is 3.49. The van der Waals surface area contributed by atoms with Crippen LogP contribution in [0.15, 0.2) is 42.6 Å². The fraction of sp³-hybridized carbons (Fsp3) is 0.333. The quantitative estimate of drug-likeness (QED) is 0.730. The molecule has 0 radical (unpaired) electrons. The third kappa shape index (κ3) is 5.24. The van der Waals surface area contributed by atoms with Crippen LogP contribution < -0.4 is 15.5 Å². The van der Waals surface area contributed by atoms with Crippen molar-refractivity contribution in [2.24, 2.45) is 0 Å². The molecule has 0 bridgehead atoms. The summed E-state index contributed by atoms with van der Waals surface area (Å²) in [5.41, 5.74) is 3.07. The minimum atomic E-state index is -0.229. The van der Waals surface area contributed by atoms with E-state index in [1.54, 1.807) is 19.4 Å². The number of carbonyl (C=O) groups excluding carboxylic acids is 1. The molecule has 0 aliphatic heterocycles. The van der Waals surface area contributed by atoms with Gasteiger partial charge in [-0.1, -0.05) is 0 Å². The molecule has 0 saturated carbocycles. The molecule has 6 nitrogen and oxygen atoms in total. The van der Waals surface area contributed by atoms with Crippen molar-refractivity contribution in [3.63, 3.8) is 0 Å². The predicted molar refractivity (Wildman–Crippen MR) is 97.9 cm³/mol. The van der Waals surface area contributed by atoms with Crippen molar-refractivity contribution in [3.05, 3.63) is 48.3 Å². The van der Waals surface area contributed by atoms with Gasteiger partial charge < -0.3 is 20.3 Å². The molecular formula is C18H24N4O2. The van der Waals surface area contributed by atoms with Gasteiger partial charge in [0.05, 0.1) is 0 Å². The van der Waals surface area contributed by atoms with Crippen LogP contribution in [0.4, 0.5) is 17.1 Å². The van der Waals surface area contributed by atoms with Gasteiger partial charge in [0.1, 0.15) is 5.69 Å². The highest BCUT2D eigenvalue weighted by atomic mass is 16.5. The van der Waals surface area contributed by atoms with E-state index in [-0.39, 0.29) is 5.91 Å². The molecule has 2 N–H and O–H groups in total. The van der Waals surface area contributed by atoms with E-state index in [1.165, 1.54) is 0 Å². The lowest BCUT2D eigenvalue weighted by Crippen LogP contribution is -2.14. The molecule has 1 amide bonds. The van der Waals surface area contributed by atoms with Gasteiger partial charge in [-0.3, -0.25) is 9.78 Å². The topological polar surface area (TPSA) is 66.5 Å². The number of nitrogens with zero attached hydrogens (tertiary/aromatic N) is 2. The summed E-state index contributed by atoms with van der Waals surface area (Å²) < 4.78 is 5.01. The first-order valence-corrected chi connectivity index (χ1v) is 7.88. The van der Waals surface area contributed by atoms with Gasteiger partial charge in [-0.05, 0) is 42.8 Å². The highest BCUT2D eigenvalue weighted by Crippen LogP contribution is 2.16. The number of methoxy groups -OCH3 is 1. The second-order valence-electron chi connectivity index (χ2n) is 5.60. The largest absolute Gasteiger partial charge is 0.385 e. The summed E-state index contributed by atoms with van der Waals surface area (Å²) in [4.78, 5) is 18.5. The Morgan fingerprint density at radius 2 is 1.92 bits per heavy atom. The Morgan fingerprint density at radius 1 is 1.17 bits per heavy atom. The number of hydrogen-bond acceptors (Lipinski definition) is 5. The first-order chi connectivity index (χ1) is 11.6. The number of carbonyl (C=O) groups is 1. The zero-order valence-electron chi connectivity index (χ0n) is 14.4. The molecule has 0 spiro atoms. The minimum absolute atomic E-state index is 0.229. The number of rotatable bonds is 8. The van der Waals surface area contributed by atoms with Gasteiger partial charge in [0.15, 0.2) is 0 Å². The Kier molecular flexibility index (Phi) is 6.57. The van der Waals surface area contributed by atoms with Crippen LogP contribution in [0.5, 0.6) is 0 Å². The van der Waals surface area contributed by atoms with E-state index in [0.29, 0.717) is 12.3 Å². The van der Waals surface area contributed by atoms with Gasteiger partial charge in [-0.2, -0.15) is 0 Å². The minimum Gasteiger partial charge on any atom is -0.385 e. The summed E-state index contributed by atoms with van der Waals surface area (Å²) in [5.74, 6) is -0.229. The zero-order valence-corrected chi connectivity index (χ0v) is 14.4. The summed E-state index contributed by atoms with van der Waals surface area (Å²) >= 11 is 0. The normalized spacial score (nSPS) is 10.3. The molecule has 1 aromatic heterocycles. The zero-order chi connectivity index (χ0) is 17.4. The third-order valence-electron chi connectivity index (χ3n) is 3.49. The molecule has 0 aliphatic carbocycles. The van der Waals surface area contributed by atoms with Crippen molar-refractivity contribution in [2.45, 2.75) is 6.42 Å². The molecule has 2 aromatic rings. The number of nitrogens with one attached hydrogen (secondary N) is 2. The molecule has 24 heavy (non-hydrogen) atoms. The van der Waals surface area contributed by atoms with Gasteiger partial charge in [-0.15, -0.1) is 0 Å². The van der Waals surface area contributed by atoms with Crippen molar-refractivity contribution < 1.29 is 9.53 Å². The summed E-state index contributed by atoms with van der Waals surface area (Å²) in [7, 11) is 5.63. The molecule has 1 heterocycles. The summed E-state index contributed by atoms with van der Waals surface area (Å²) in [6, 6.07) is 11.2. The number of pyridine rings is 1. The van der Waals surface area contributed by atoms with Crippen molar-refractivity contribution in [1.29, 1.82) is 0 Å². The van der Waals surface area contributed by atoms with Crippen LogP contribution in [-0.2, 0) is 4.74 Å². The lowest BCUT2D eigenvalue weighted by Gasteiger charge is -2.13. The first-order valence-electron chi connectivity index (χ1n) is 7.88. The summed E-state index contributed by atoms with van der Waals surface area (Å²) in [6.45, 7) is 1.49. The molecule has 0 atom stereocenters. The van der Waals surface area contributed by atoms with E-state index < -0.39 is 0 Å². The van der Waals surface area contributed by atoms with E-state index in [1.807, 2.05) is 49.3 Å². The Bertz CT molecular complexity index is 656. The number of aromatic nitrogens is 1. The Hall–Kier alpha value is -2.60. The highest BCUT2D eigenvalue weighted by Gasteiger charge is 2.08. The number of benzene rings is 1. The lowest BCUT2D eigenvalue weighted by atomic mass is 10.2. The van der Waals surface area contributed by atoms with E-state index >= 15 is 0 Å². The molecule has 0 aliphatic rings. The van der Waals surface area contributed by atoms with Crippen LogP contribution in [0.25, 0.3) is 0 Å². The Balaban J connectivity index is 1.96. The lowest BCUT2D eigenvalue weighted by molar-refractivity contribution is 0.102. The van der Waals surface area contributed by atoms with E-state index in [0.717, 1.165) is 30.0 Å². The van der Waals surface area contributed by atoms with E-state index in [4.69, 9.17) is 4.74 Å². The van der Waals surface area contributed by atoms with E-state index in [9.17, 15) is 4.79 Å². The fourth-order valence-electron chi connectivity index (χ4n) is 2.15. The van der Waals surface area contributed by atoms with Gasteiger partial charge in [-0.25, -0.2) is 0 Å². The first kappa shape index (κ1) is 17.7. The Morgan fingerprint density at radius 3 is 2.58 bits per heavy atom. The number of anilines is 3. The van der Waals surface area contributed by atoms with Crippen molar-refractivity contribution >= 4 is 23.0 Å². The van der Waals surface area contributed by atoms with Gasteiger partial charge in [0.25, 0.3) is 5.91 Å². The van der Waals surface area contributed by atoms with Gasteiger partial charge in [0.2, 0.25) is 0 Å². The monoisotopic (exact) mass is 328 g/mol. The maximum Gasteiger partial charge on any atom is 0.274 e. The maximum atomic E-state index is 12.3. The van der Waals surface area contributed by atoms with Crippen LogP contribution in [0, 0.1) is 0 Å². The maximum absolute atomic E-state index is 12.3. The van der Waals surface area contributed by atoms with Crippen LogP contribution in [0.1, 0.15) is 16.9 Å². The smallest absolute Gasteiger partial charge is 0.274 e. The van der Waals surface area contributed by atoms with Gasteiger partial charge in [0, 0.05) is 57.6 Å². The second-order valence-corrected chi connectivity index (χ2v) is 5.60. The van der Waals surface area contributed by atoms with Gasteiger partial charge >= 0.3 is 0 Å². The average Bonchev–Trinajstić information content (AvgIpc) is 2.59. The molecular weight excluding hydrogens is 304 g/mol. The SMILES string of the molecule is COCCCNc1ccnc(C(=O)Nc2ccc(N(C)C)cc2)c1. The van der Waals surface area contributed by atoms with Crippen molar-refractivity contribution in [1.82, 2.24) is 4.98 Å². The van der Waals surface area contributed by atoms with Crippen LogP contribution in [-0.4, -0.2) is 45.2 Å². The second kappa shape index (κ2) is 8.88. The van der Waals surface area contributed by atoms with Crippen molar-refractivity contribution in [3.8, 4) is 0 Å². The standard InChI is InChI=1S/C18H24N4O2/c1-22(2)16-7-5-14(6-8-16)21-18(23)17-13-15(9-11-20-17)19-10-4-12-24-3/h5-9,11,13H,4,10,12H2,1-3H3,(H,19,20)(H,21,23). The molecule has 0 fully saturated rings. The molecule has 0 unspecified atom stereocenters. The highest BCUT2D eigenvalue weighted by molar-refractivity contribution is 6.03. The number of ether oxygens (including phenoxy) is 1. The average molecular weight is 328 g/mol. The molecule has 6 heteroatoms. The van der Waals surface area contributed by atoms with Crippen LogP contribution in [0.2, 0.25) is 0 Å². The van der Waals surface area contributed by atoms with Crippen LogP contribution >= 0.6 is 0 Å². The predicted octanol–water partition coefficient (Wildman–Crippen LogP) is 2.85. The summed E-state index contributed by atoms with van der Waals surface area (Å²) in [6.07, 6.45) is 2.53. The van der Waals surface area contributed by atoms with Crippen LogP contribution in [0.3, 0.4) is 0 Å². The molecule has 2 rings (SSSR count). The fourth-order valence-corrected chi connectivity index (χ4v) is 2.15. The Labute approximate surface area is 142 Å². The number of hydrogen-bond donors (Lipinski definition) is 2. The van der Waals surface area contributed by atoms with Crippen molar-refractivity contribution in [2.75, 3.05) is 49.9 Å². The molecule has 1 aromatic carbocycles. The summed E-state index contributed by atoms with van der Waals surface area (Å²) in [5, 5.41) is 6.11. The molecule has 0 saturated heterocycles. The number of amides is 1. The van der Waals surface area contributed by atoms with E-state index in [2.05, 4.69) is 15.6 Å². The molecule has 128 valence electrons.